The zero-order valence-electron chi connectivity index (χ0n) is 32.1. The van der Waals surface area contributed by atoms with Gasteiger partial charge in [0.25, 0.3) is 0 Å². The maximum Gasteiger partial charge on any atom is 0.161 e. The van der Waals surface area contributed by atoms with Crippen LogP contribution in [0.5, 0.6) is 0 Å². The highest BCUT2D eigenvalue weighted by molar-refractivity contribution is 7.25. The number of benzene rings is 7. The smallest absolute Gasteiger partial charge is 0.161 e. The van der Waals surface area contributed by atoms with Crippen LogP contribution < -0.4 is 0 Å². The normalized spacial score (nSPS) is 12.8. The molecule has 274 valence electrons. The number of thiophene rings is 1. The highest BCUT2D eigenvalue weighted by atomic mass is 32.1. The first-order valence-corrected chi connectivity index (χ1v) is 20.6. The Morgan fingerprint density at radius 2 is 0.966 bits per heavy atom. The van der Waals surface area contributed by atoms with Gasteiger partial charge in [-0.15, -0.1) is 11.3 Å². The summed E-state index contributed by atoms with van der Waals surface area (Å²) < 4.78 is 2.63. The van der Waals surface area contributed by atoms with E-state index in [2.05, 4.69) is 189 Å². The fraction of sp³-hybridized carbons (Fsp3) is 0.0556. The van der Waals surface area contributed by atoms with Gasteiger partial charge in [0.05, 0.1) is 11.4 Å². The molecule has 0 radical (unpaired) electrons. The summed E-state index contributed by atoms with van der Waals surface area (Å²) in [6.07, 6.45) is 3.70. The number of fused-ring (bicyclic) bond motifs is 6. The highest BCUT2D eigenvalue weighted by Gasteiger charge is 2.35. The van der Waals surface area contributed by atoms with Gasteiger partial charge in [-0.2, -0.15) is 0 Å². The van der Waals surface area contributed by atoms with Crippen molar-refractivity contribution in [3.05, 3.63) is 199 Å². The largest absolute Gasteiger partial charge is 0.264 e. The van der Waals surface area contributed by atoms with Gasteiger partial charge in [0.1, 0.15) is 0 Å². The number of hydrogen-bond donors (Lipinski definition) is 0. The number of nitrogens with zero attached hydrogens (tertiary/aromatic N) is 3. The van der Waals surface area contributed by atoms with Crippen molar-refractivity contribution in [1.82, 2.24) is 15.0 Å². The van der Waals surface area contributed by atoms with Gasteiger partial charge < -0.3 is 0 Å². The summed E-state index contributed by atoms with van der Waals surface area (Å²) >= 11 is 1.85. The Kier molecular flexibility index (Phi) is 8.02. The number of rotatable bonds is 6. The van der Waals surface area contributed by atoms with Crippen LogP contribution in [0.3, 0.4) is 0 Å². The summed E-state index contributed by atoms with van der Waals surface area (Å²) in [5, 5.41) is 2.61. The topological polar surface area (TPSA) is 38.7 Å². The van der Waals surface area contributed by atoms with Crippen LogP contribution in [0.15, 0.2) is 188 Å². The first-order chi connectivity index (χ1) is 28.5. The minimum atomic E-state index is -0.0492. The molecule has 0 saturated heterocycles. The molecule has 0 amide bonds. The van der Waals surface area contributed by atoms with E-state index in [1.165, 1.54) is 64.7 Å². The lowest BCUT2D eigenvalue weighted by molar-refractivity contribution is 0.660. The van der Waals surface area contributed by atoms with Gasteiger partial charge in [0, 0.05) is 60.2 Å². The Balaban J connectivity index is 0.985. The van der Waals surface area contributed by atoms with Crippen molar-refractivity contribution in [2.45, 2.75) is 19.3 Å². The predicted molar refractivity (Wildman–Crippen MR) is 243 cm³/mol. The van der Waals surface area contributed by atoms with E-state index in [1.807, 2.05) is 23.6 Å². The predicted octanol–water partition coefficient (Wildman–Crippen LogP) is 14.5. The van der Waals surface area contributed by atoms with Gasteiger partial charge in [0.15, 0.2) is 5.82 Å². The molecular formula is C54H37N3S. The molecule has 58 heavy (non-hydrogen) atoms. The lowest BCUT2D eigenvalue weighted by atomic mass is 9.81. The molecule has 0 atom stereocenters. The van der Waals surface area contributed by atoms with Crippen LogP contribution in [0, 0.1) is 0 Å². The molecule has 0 saturated carbocycles. The van der Waals surface area contributed by atoms with Gasteiger partial charge in [-0.05, 0) is 86.5 Å². The van der Waals surface area contributed by atoms with Gasteiger partial charge in [-0.1, -0.05) is 153 Å². The Bertz CT molecular complexity index is 3180. The molecule has 7 aromatic carbocycles. The fourth-order valence-electron chi connectivity index (χ4n) is 8.77. The Morgan fingerprint density at radius 1 is 0.397 bits per heavy atom. The zero-order chi connectivity index (χ0) is 38.8. The molecule has 0 unspecified atom stereocenters. The van der Waals surface area contributed by atoms with E-state index >= 15 is 0 Å². The van der Waals surface area contributed by atoms with Crippen molar-refractivity contribution in [2.24, 2.45) is 0 Å². The van der Waals surface area contributed by atoms with Crippen LogP contribution in [-0.4, -0.2) is 15.0 Å². The minimum absolute atomic E-state index is 0.0492. The van der Waals surface area contributed by atoms with Gasteiger partial charge >= 0.3 is 0 Å². The number of hydrogen-bond acceptors (Lipinski definition) is 4. The highest BCUT2D eigenvalue weighted by Crippen LogP contribution is 2.49. The van der Waals surface area contributed by atoms with E-state index in [-0.39, 0.29) is 5.41 Å². The molecule has 10 aromatic rings. The molecule has 3 heterocycles. The third-order valence-electron chi connectivity index (χ3n) is 11.9. The molecule has 11 rings (SSSR count). The molecule has 4 heteroatoms. The van der Waals surface area contributed by atoms with E-state index < -0.39 is 0 Å². The minimum Gasteiger partial charge on any atom is -0.264 e. The van der Waals surface area contributed by atoms with Crippen molar-refractivity contribution < 1.29 is 0 Å². The summed E-state index contributed by atoms with van der Waals surface area (Å²) in [5.41, 5.74) is 17.0. The standard InChI is InChI=1S/C54H37N3S/c1-54(2)47-15-7-5-12-42(47)43-27-25-39(31-48(43)54)35-19-23-37(24-20-35)50-32-49(56-53(57-50)45-14-4-3-11-41(45)40-10-9-29-55-33-40)36-21-17-34(18-22-36)38-26-28-52-46(30-38)44-13-6-8-16-51(44)58-52/h3-33H,1-2H3. The van der Waals surface area contributed by atoms with Gasteiger partial charge in [0.2, 0.25) is 0 Å². The lowest BCUT2D eigenvalue weighted by Gasteiger charge is -2.22. The van der Waals surface area contributed by atoms with Crippen molar-refractivity contribution in [3.63, 3.8) is 0 Å². The SMILES string of the molecule is CC1(C)c2ccccc2-c2ccc(-c3ccc(-c4cc(-c5ccc(-c6ccc7sc8ccccc8c7c6)cc5)nc(-c5ccccc5-c5cccnc5)n4)cc3)cc21. The summed E-state index contributed by atoms with van der Waals surface area (Å²) in [7, 11) is 0. The molecule has 1 aliphatic rings. The summed E-state index contributed by atoms with van der Waals surface area (Å²) in [4.78, 5) is 14.9. The summed E-state index contributed by atoms with van der Waals surface area (Å²) in [5.74, 6) is 0.676. The van der Waals surface area contributed by atoms with Crippen LogP contribution in [0.25, 0.3) is 98.6 Å². The van der Waals surface area contributed by atoms with Gasteiger partial charge in [-0.25, -0.2) is 9.97 Å². The second-order valence-electron chi connectivity index (χ2n) is 15.6. The van der Waals surface area contributed by atoms with Crippen molar-refractivity contribution in [3.8, 4) is 78.4 Å². The number of pyridine rings is 1. The van der Waals surface area contributed by atoms with E-state index in [4.69, 9.17) is 9.97 Å². The van der Waals surface area contributed by atoms with Crippen LogP contribution in [0.4, 0.5) is 0 Å². The van der Waals surface area contributed by atoms with E-state index in [9.17, 15) is 0 Å². The van der Waals surface area contributed by atoms with E-state index in [0.717, 1.165) is 39.2 Å². The van der Waals surface area contributed by atoms with Crippen molar-refractivity contribution in [2.75, 3.05) is 0 Å². The zero-order valence-corrected chi connectivity index (χ0v) is 33.0. The van der Waals surface area contributed by atoms with Crippen LogP contribution in [0.2, 0.25) is 0 Å². The molecule has 1 aliphatic carbocycles. The monoisotopic (exact) mass is 759 g/mol. The van der Waals surface area contributed by atoms with E-state index in [0.29, 0.717) is 5.82 Å². The first-order valence-electron chi connectivity index (χ1n) is 19.7. The maximum absolute atomic E-state index is 5.26. The number of aromatic nitrogens is 3. The summed E-state index contributed by atoms with van der Waals surface area (Å²) in [6.45, 7) is 4.67. The first kappa shape index (κ1) is 34.3. The third kappa shape index (κ3) is 5.76. The molecule has 0 aliphatic heterocycles. The second-order valence-corrected chi connectivity index (χ2v) is 16.7. The van der Waals surface area contributed by atoms with E-state index in [1.54, 1.807) is 6.20 Å². The van der Waals surface area contributed by atoms with Crippen LogP contribution in [-0.2, 0) is 5.41 Å². The average Bonchev–Trinajstić information content (AvgIpc) is 3.77. The average molecular weight is 760 g/mol. The van der Waals surface area contributed by atoms with Gasteiger partial charge in [-0.3, -0.25) is 4.98 Å². The van der Waals surface area contributed by atoms with Crippen molar-refractivity contribution in [1.29, 1.82) is 0 Å². The molecule has 3 aromatic heterocycles. The third-order valence-corrected chi connectivity index (χ3v) is 13.0. The second kappa shape index (κ2) is 13.6. The molecule has 0 fully saturated rings. The summed E-state index contributed by atoms with van der Waals surface area (Å²) in [6, 6.07) is 63.3. The van der Waals surface area contributed by atoms with Crippen LogP contribution in [0.1, 0.15) is 25.0 Å². The molecule has 0 bridgehead atoms. The maximum atomic E-state index is 5.26. The molecule has 0 N–H and O–H groups in total. The quantitative estimate of drug-likeness (QED) is 0.169. The molecular weight excluding hydrogens is 723 g/mol. The Morgan fingerprint density at radius 3 is 1.69 bits per heavy atom. The Labute approximate surface area is 342 Å². The molecule has 0 spiro atoms. The van der Waals surface area contributed by atoms with Crippen LogP contribution >= 0.6 is 11.3 Å². The lowest BCUT2D eigenvalue weighted by Crippen LogP contribution is -2.14. The fourth-order valence-corrected chi connectivity index (χ4v) is 9.86. The van der Waals surface area contributed by atoms with Crippen molar-refractivity contribution >= 4 is 31.5 Å². The molecule has 3 nitrogen and oxygen atoms in total. The Hall–Kier alpha value is -7.01.